The minimum Gasteiger partial charge on any atom is -0.379 e. The lowest BCUT2D eigenvalue weighted by atomic mass is 10.0. The number of morpholine rings is 1. The van der Waals surface area contributed by atoms with Gasteiger partial charge in [0.05, 0.1) is 24.4 Å². The number of nitrogens with one attached hydrogen (secondary N) is 1. The van der Waals surface area contributed by atoms with Gasteiger partial charge in [-0.1, -0.05) is 12.1 Å². The highest BCUT2D eigenvalue weighted by Crippen LogP contribution is 2.19. The number of nitrogens with zero attached hydrogens (tertiary/aromatic N) is 2. The summed E-state index contributed by atoms with van der Waals surface area (Å²) in [4.78, 5) is 14.5. The largest absolute Gasteiger partial charge is 0.379 e. The van der Waals surface area contributed by atoms with E-state index in [2.05, 4.69) is 4.72 Å². The van der Waals surface area contributed by atoms with E-state index in [4.69, 9.17) is 4.74 Å². The first-order chi connectivity index (χ1) is 14.1. The standard InChI is InChI=1S/C19H29N3O6S2/c1-29(24,25)20-17-3-2-10-21(15-17)19(23)9-6-16-4-7-18(8-5-16)30(26,27)22-11-13-28-14-12-22/h4-5,7-8,17,20H,2-3,6,9-15H2,1H3. The van der Waals surface area contributed by atoms with Gasteiger partial charge in [0.15, 0.2) is 0 Å². The second kappa shape index (κ2) is 9.73. The van der Waals surface area contributed by atoms with Crippen molar-refractivity contribution in [3.63, 3.8) is 0 Å². The van der Waals surface area contributed by atoms with E-state index in [0.29, 0.717) is 52.2 Å². The smallest absolute Gasteiger partial charge is 0.243 e. The van der Waals surface area contributed by atoms with Crippen molar-refractivity contribution >= 4 is 26.0 Å². The molecule has 1 aromatic carbocycles. The van der Waals surface area contributed by atoms with Gasteiger partial charge < -0.3 is 9.64 Å². The molecular weight excluding hydrogens is 430 g/mol. The fourth-order valence-electron chi connectivity index (χ4n) is 3.78. The van der Waals surface area contributed by atoms with Gasteiger partial charge >= 0.3 is 0 Å². The van der Waals surface area contributed by atoms with Crippen LogP contribution >= 0.6 is 0 Å². The maximum atomic E-state index is 12.7. The molecule has 2 fully saturated rings. The van der Waals surface area contributed by atoms with E-state index in [9.17, 15) is 21.6 Å². The highest BCUT2D eigenvalue weighted by atomic mass is 32.2. The van der Waals surface area contributed by atoms with Gasteiger partial charge in [-0.2, -0.15) is 4.31 Å². The Kier molecular flexibility index (Phi) is 7.51. The van der Waals surface area contributed by atoms with Gasteiger partial charge in [0.1, 0.15) is 0 Å². The monoisotopic (exact) mass is 459 g/mol. The lowest BCUT2D eigenvalue weighted by molar-refractivity contribution is -0.132. The Balaban J connectivity index is 1.54. The SMILES string of the molecule is CS(=O)(=O)NC1CCCN(C(=O)CCc2ccc(S(=O)(=O)N3CCOCC3)cc2)C1. The summed E-state index contributed by atoms with van der Waals surface area (Å²) in [5.41, 5.74) is 0.882. The molecule has 30 heavy (non-hydrogen) atoms. The van der Waals surface area contributed by atoms with Crippen molar-refractivity contribution in [2.75, 3.05) is 45.6 Å². The van der Waals surface area contributed by atoms with Crippen LogP contribution in [0.15, 0.2) is 29.2 Å². The first-order valence-corrected chi connectivity index (χ1v) is 13.4. The first-order valence-electron chi connectivity index (χ1n) is 10.1. The third-order valence-corrected chi connectivity index (χ3v) is 7.99. The van der Waals surface area contributed by atoms with Gasteiger partial charge in [-0.25, -0.2) is 21.6 Å². The number of benzene rings is 1. The summed E-state index contributed by atoms with van der Waals surface area (Å²) < 4.78 is 57.4. The summed E-state index contributed by atoms with van der Waals surface area (Å²) in [6.07, 6.45) is 3.39. The molecule has 1 N–H and O–H groups in total. The molecule has 3 rings (SSSR count). The Bertz CT molecular complexity index is 941. The molecule has 2 aliphatic rings. The average molecular weight is 460 g/mol. The molecule has 0 saturated carbocycles. The van der Waals surface area contributed by atoms with Crippen LogP contribution < -0.4 is 4.72 Å². The molecule has 9 nitrogen and oxygen atoms in total. The summed E-state index contributed by atoms with van der Waals surface area (Å²) in [6.45, 7) is 2.50. The Morgan fingerprint density at radius 3 is 2.40 bits per heavy atom. The fourth-order valence-corrected chi connectivity index (χ4v) is 5.98. The zero-order valence-electron chi connectivity index (χ0n) is 17.1. The molecule has 2 heterocycles. The van der Waals surface area contributed by atoms with Gasteiger partial charge in [-0.05, 0) is 37.0 Å². The van der Waals surface area contributed by atoms with Crippen molar-refractivity contribution in [2.24, 2.45) is 0 Å². The Morgan fingerprint density at radius 2 is 1.77 bits per heavy atom. The number of carbonyl (C=O) groups is 1. The number of ether oxygens (including phenoxy) is 1. The lowest BCUT2D eigenvalue weighted by Crippen LogP contribution is -2.49. The van der Waals surface area contributed by atoms with Crippen molar-refractivity contribution in [2.45, 2.75) is 36.6 Å². The highest BCUT2D eigenvalue weighted by molar-refractivity contribution is 7.89. The summed E-state index contributed by atoms with van der Waals surface area (Å²) in [5, 5.41) is 0. The van der Waals surface area contributed by atoms with Crippen molar-refractivity contribution in [3.05, 3.63) is 29.8 Å². The molecule has 0 aromatic heterocycles. The second-order valence-corrected chi connectivity index (χ2v) is 11.4. The van der Waals surface area contributed by atoms with E-state index in [-0.39, 0.29) is 16.8 Å². The van der Waals surface area contributed by atoms with Crippen LogP contribution in [0.2, 0.25) is 0 Å². The number of sulfonamides is 2. The zero-order valence-corrected chi connectivity index (χ0v) is 18.8. The van der Waals surface area contributed by atoms with Gasteiger partial charge in [-0.15, -0.1) is 0 Å². The van der Waals surface area contributed by atoms with Crippen molar-refractivity contribution in [1.82, 2.24) is 13.9 Å². The number of amides is 1. The average Bonchev–Trinajstić information content (AvgIpc) is 2.72. The van der Waals surface area contributed by atoms with E-state index in [1.807, 2.05) is 0 Å². The minimum atomic E-state index is -3.53. The Hall–Kier alpha value is -1.53. The number of piperidine rings is 1. The maximum Gasteiger partial charge on any atom is 0.243 e. The molecule has 0 radical (unpaired) electrons. The molecule has 1 unspecified atom stereocenters. The summed E-state index contributed by atoms with van der Waals surface area (Å²) in [5.74, 6) is -0.0278. The molecule has 1 atom stereocenters. The molecule has 11 heteroatoms. The van der Waals surface area contributed by atoms with Crippen molar-refractivity contribution < 1.29 is 26.4 Å². The lowest BCUT2D eigenvalue weighted by Gasteiger charge is -2.32. The van der Waals surface area contributed by atoms with Gasteiger partial charge in [-0.3, -0.25) is 4.79 Å². The topological polar surface area (TPSA) is 113 Å². The highest BCUT2D eigenvalue weighted by Gasteiger charge is 2.27. The molecule has 2 aliphatic heterocycles. The Labute approximate surface area is 178 Å². The maximum absolute atomic E-state index is 12.7. The number of hydrogen-bond acceptors (Lipinski definition) is 6. The zero-order chi connectivity index (χ0) is 21.8. The van der Waals surface area contributed by atoms with Crippen LogP contribution in [0.3, 0.4) is 0 Å². The van der Waals surface area contributed by atoms with Gasteiger partial charge in [0, 0.05) is 38.6 Å². The van der Waals surface area contributed by atoms with Crippen LogP contribution in [-0.2, 0) is 36.0 Å². The van der Waals surface area contributed by atoms with Gasteiger partial charge in [0.25, 0.3) is 0 Å². The predicted molar refractivity (Wildman–Crippen MR) is 112 cm³/mol. The number of likely N-dealkylation sites (tertiary alicyclic amines) is 1. The van der Waals surface area contributed by atoms with Crippen LogP contribution in [0.5, 0.6) is 0 Å². The molecule has 2 saturated heterocycles. The molecule has 0 aliphatic carbocycles. The van der Waals surface area contributed by atoms with Crippen LogP contribution in [0.4, 0.5) is 0 Å². The number of aryl methyl sites for hydroxylation is 1. The van der Waals surface area contributed by atoms with Crippen LogP contribution in [0.1, 0.15) is 24.8 Å². The van der Waals surface area contributed by atoms with Crippen LogP contribution in [-0.4, -0.2) is 83.6 Å². The van der Waals surface area contributed by atoms with Crippen LogP contribution in [0, 0.1) is 0 Å². The normalized spacial score (nSPS) is 21.5. The molecular formula is C19H29N3O6S2. The summed E-state index contributed by atoms with van der Waals surface area (Å²) >= 11 is 0. The van der Waals surface area contributed by atoms with Crippen molar-refractivity contribution in [3.8, 4) is 0 Å². The molecule has 0 bridgehead atoms. The fraction of sp³-hybridized carbons (Fsp3) is 0.632. The number of carbonyl (C=O) groups excluding carboxylic acids is 1. The van der Waals surface area contributed by atoms with E-state index >= 15 is 0 Å². The molecule has 1 amide bonds. The number of rotatable bonds is 7. The summed E-state index contributed by atoms with van der Waals surface area (Å²) in [7, 11) is -6.83. The van der Waals surface area contributed by atoms with Crippen molar-refractivity contribution in [1.29, 1.82) is 0 Å². The number of hydrogen-bond donors (Lipinski definition) is 1. The molecule has 168 valence electrons. The third-order valence-electron chi connectivity index (χ3n) is 5.31. The molecule has 1 aromatic rings. The van der Waals surface area contributed by atoms with Gasteiger partial charge in [0.2, 0.25) is 26.0 Å². The summed E-state index contributed by atoms with van der Waals surface area (Å²) in [6, 6.07) is 6.40. The quantitative estimate of drug-likeness (QED) is 0.622. The van der Waals surface area contributed by atoms with E-state index in [1.165, 1.54) is 4.31 Å². The Morgan fingerprint density at radius 1 is 1.10 bits per heavy atom. The molecule has 0 spiro atoms. The second-order valence-electron chi connectivity index (χ2n) is 7.73. The predicted octanol–water partition coefficient (Wildman–Crippen LogP) is 0.180. The minimum absolute atomic E-state index is 0.0278. The third kappa shape index (κ3) is 6.24. The van der Waals surface area contributed by atoms with E-state index in [1.54, 1.807) is 29.2 Å². The van der Waals surface area contributed by atoms with E-state index < -0.39 is 20.0 Å². The van der Waals surface area contributed by atoms with E-state index in [0.717, 1.165) is 24.7 Å². The first kappa shape index (κ1) is 23.1. The van der Waals surface area contributed by atoms with Crippen LogP contribution in [0.25, 0.3) is 0 Å².